The van der Waals surface area contributed by atoms with Crippen molar-refractivity contribution in [2.45, 2.75) is 4.75 Å². The first-order valence-electron chi connectivity index (χ1n) is 7.90. The second kappa shape index (κ2) is 7.87. The Morgan fingerprint density at radius 3 is 1.93 bits per heavy atom. The fraction of sp³-hybridized carbons (Fsp3) is 0.0526. The summed E-state index contributed by atoms with van der Waals surface area (Å²) in [6.45, 7) is 0. The molecule has 0 saturated heterocycles. The highest BCUT2D eigenvalue weighted by atomic mass is 35.5. The highest BCUT2D eigenvalue weighted by Crippen LogP contribution is 2.54. The minimum Gasteiger partial charge on any atom is -0.508 e. The lowest BCUT2D eigenvalue weighted by Crippen LogP contribution is -2.39. The average molecular weight is 494 g/mol. The molecule has 0 aliphatic heterocycles. The van der Waals surface area contributed by atoms with Gasteiger partial charge in [-0.3, -0.25) is 4.55 Å². The van der Waals surface area contributed by atoms with Gasteiger partial charge in [-0.1, -0.05) is 64.6 Å². The van der Waals surface area contributed by atoms with E-state index in [-0.39, 0.29) is 37.0 Å². The molecule has 3 rings (SSSR count). The Morgan fingerprint density at radius 1 is 0.759 bits per heavy atom. The molecule has 10 heteroatoms. The minimum absolute atomic E-state index is 0.0502. The number of hydrogen-bond donors (Lipinski definition) is 3. The third kappa shape index (κ3) is 3.54. The first-order valence-corrected chi connectivity index (χ1v) is 10.9. The van der Waals surface area contributed by atoms with Crippen molar-refractivity contribution in [3.8, 4) is 11.5 Å². The van der Waals surface area contributed by atoms with E-state index in [1.165, 1.54) is 48.5 Å². The summed E-state index contributed by atoms with van der Waals surface area (Å²) in [5.74, 6) is -0.859. The van der Waals surface area contributed by atoms with Gasteiger partial charge in [0.25, 0.3) is 10.1 Å². The smallest absolute Gasteiger partial charge is 0.283 e. The maximum Gasteiger partial charge on any atom is 0.283 e. The standard InChI is InChI=1S/C19H12Cl4O5S/c20-12-5-2-6-15(25)16(12)19(29(26,27)28,10-3-1-4-11(24)9-10)17-13(21)7-8-14(22)18(17)23/h1-9,24-25H,(H,26,27,28). The summed E-state index contributed by atoms with van der Waals surface area (Å²) in [6, 6.07) is 11.6. The molecule has 0 saturated carbocycles. The van der Waals surface area contributed by atoms with Crippen molar-refractivity contribution in [3.05, 3.63) is 91.4 Å². The van der Waals surface area contributed by atoms with E-state index in [1.807, 2.05) is 0 Å². The van der Waals surface area contributed by atoms with Crippen molar-refractivity contribution in [1.29, 1.82) is 0 Å². The first kappa shape index (κ1) is 22.0. The van der Waals surface area contributed by atoms with Crippen LogP contribution in [0.3, 0.4) is 0 Å². The van der Waals surface area contributed by atoms with Gasteiger partial charge in [-0.15, -0.1) is 0 Å². The predicted molar refractivity (Wildman–Crippen MR) is 114 cm³/mol. The number of aromatic hydroxyl groups is 2. The normalized spacial score (nSPS) is 13.8. The van der Waals surface area contributed by atoms with Gasteiger partial charge in [0.05, 0.1) is 10.0 Å². The molecule has 0 spiro atoms. The number of hydrogen-bond acceptors (Lipinski definition) is 4. The molecule has 0 aliphatic rings. The number of rotatable bonds is 4. The van der Waals surface area contributed by atoms with Gasteiger partial charge in [-0.05, 0) is 42.0 Å². The second-order valence-corrected chi connectivity index (χ2v) is 9.22. The minimum atomic E-state index is -5.19. The zero-order chi connectivity index (χ0) is 21.6. The zero-order valence-electron chi connectivity index (χ0n) is 14.3. The average Bonchev–Trinajstić information content (AvgIpc) is 2.62. The Morgan fingerprint density at radius 2 is 1.34 bits per heavy atom. The lowest BCUT2D eigenvalue weighted by Gasteiger charge is -2.35. The number of phenols is 2. The van der Waals surface area contributed by atoms with E-state index >= 15 is 0 Å². The molecule has 3 aromatic carbocycles. The van der Waals surface area contributed by atoms with Crippen LogP contribution in [-0.4, -0.2) is 23.2 Å². The van der Waals surface area contributed by atoms with Gasteiger partial charge in [-0.25, -0.2) is 0 Å². The van der Waals surface area contributed by atoms with Crippen LogP contribution in [0.4, 0.5) is 0 Å². The molecule has 5 nitrogen and oxygen atoms in total. The first-order chi connectivity index (χ1) is 13.5. The van der Waals surface area contributed by atoms with Crippen LogP contribution in [0.15, 0.2) is 54.6 Å². The fourth-order valence-corrected chi connectivity index (χ4v) is 5.91. The number of benzene rings is 3. The summed E-state index contributed by atoms with van der Waals surface area (Å²) in [7, 11) is -5.19. The Balaban J connectivity index is 2.71. The van der Waals surface area contributed by atoms with E-state index in [4.69, 9.17) is 46.4 Å². The van der Waals surface area contributed by atoms with Crippen molar-refractivity contribution in [3.63, 3.8) is 0 Å². The SMILES string of the molecule is O=S(=O)(O)C(c1cccc(O)c1)(c1c(O)cccc1Cl)c1c(Cl)ccc(Cl)c1Cl. The number of halogens is 4. The quantitative estimate of drug-likeness (QED) is 0.239. The van der Waals surface area contributed by atoms with E-state index < -0.39 is 26.2 Å². The molecule has 0 aliphatic carbocycles. The topological polar surface area (TPSA) is 94.8 Å². The van der Waals surface area contributed by atoms with E-state index in [0.29, 0.717) is 0 Å². The molecule has 3 aromatic rings. The molecule has 0 heterocycles. The van der Waals surface area contributed by atoms with Gasteiger partial charge in [0.2, 0.25) is 0 Å². The predicted octanol–water partition coefficient (Wildman–Crippen LogP) is 5.89. The van der Waals surface area contributed by atoms with Crippen molar-refractivity contribution in [2.75, 3.05) is 0 Å². The largest absolute Gasteiger partial charge is 0.508 e. The van der Waals surface area contributed by atoms with Gasteiger partial charge >= 0.3 is 0 Å². The van der Waals surface area contributed by atoms with Crippen molar-refractivity contribution >= 4 is 56.5 Å². The highest BCUT2D eigenvalue weighted by Gasteiger charge is 2.54. The van der Waals surface area contributed by atoms with Crippen LogP contribution in [0, 0.1) is 0 Å². The summed E-state index contributed by atoms with van der Waals surface area (Å²) in [6.07, 6.45) is 0. The monoisotopic (exact) mass is 492 g/mol. The van der Waals surface area contributed by atoms with E-state index in [9.17, 15) is 23.2 Å². The third-order valence-corrected chi connectivity index (χ3v) is 7.23. The summed E-state index contributed by atoms with van der Waals surface area (Å²) < 4.78 is 34.0. The Labute approximate surface area is 186 Å². The summed E-state index contributed by atoms with van der Waals surface area (Å²) in [4.78, 5) is 0. The van der Waals surface area contributed by atoms with Crippen molar-refractivity contribution in [1.82, 2.24) is 0 Å². The molecule has 152 valence electrons. The van der Waals surface area contributed by atoms with E-state index in [2.05, 4.69) is 0 Å². The van der Waals surface area contributed by atoms with Gasteiger partial charge in [-0.2, -0.15) is 8.42 Å². The van der Waals surface area contributed by atoms with Crippen LogP contribution in [0.5, 0.6) is 11.5 Å². The Hall–Kier alpha value is -1.67. The molecular weight excluding hydrogens is 482 g/mol. The second-order valence-electron chi connectivity index (χ2n) is 6.06. The Kier molecular flexibility index (Phi) is 5.98. The van der Waals surface area contributed by atoms with Gasteiger partial charge in [0, 0.05) is 21.2 Å². The Bertz CT molecular complexity index is 1190. The van der Waals surface area contributed by atoms with Crippen LogP contribution in [0.1, 0.15) is 16.7 Å². The zero-order valence-corrected chi connectivity index (χ0v) is 18.1. The van der Waals surface area contributed by atoms with Crippen LogP contribution in [0.2, 0.25) is 20.1 Å². The van der Waals surface area contributed by atoms with Crippen LogP contribution >= 0.6 is 46.4 Å². The molecule has 29 heavy (non-hydrogen) atoms. The summed E-state index contributed by atoms with van der Waals surface area (Å²) in [5.41, 5.74) is -0.903. The lowest BCUT2D eigenvalue weighted by atomic mass is 9.83. The molecule has 3 N–H and O–H groups in total. The van der Waals surface area contributed by atoms with Crippen LogP contribution in [0.25, 0.3) is 0 Å². The molecule has 0 bridgehead atoms. The molecule has 0 fully saturated rings. The molecule has 0 radical (unpaired) electrons. The lowest BCUT2D eigenvalue weighted by molar-refractivity contribution is 0.439. The molecule has 1 atom stereocenters. The third-order valence-electron chi connectivity index (χ3n) is 4.38. The van der Waals surface area contributed by atoms with Crippen LogP contribution in [-0.2, 0) is 14.9 Å². The van der Waals surface area contributed by atoms with Gasteiger partial charge in [0.1, 0.15) is 11.5 Å². The van der Waals surface area contributed by atoms with Crippen LogP contribution < -0.4 is 0 Å². The van der Waals surface area contributed by atoms with E-state index in [0.717, 1.165) is 6.07 Å². The fourth-order valence-electron chi connectivity index (χ4n) is 3.26. The highest BCUT2D eigenvalue weighted by molar-refractivity contribution is 7.87. The maximum atomic E-state index is 13.0. The summed E-state index contributed by atoms with van der Waals surface area (Å²) in [5, 5.41) is 19.9. The maximum absolute atomic E-state index is 13.0. The molecule has 0 aromatic heterocycles. The molecule has 1 unspecified atom stereocenters. The number of phenolic OH excluding ortho intramolecular Hbond substituents is 2. The molecule has 0 amide bonds. The van der Waals surface area contributed by atoms with Crippen molar-refractivity contribution in [2.24, 2.45) is 0 Å². The van der Waals surface area contributed by atoms with E-state index in [1.54, 1.807) is 0 Å². The van der Waals surface area contributed by atoms with Gasteiger partial charge < -0.3 is 10.2 Å². The van der Waals surface area contributed by atoms with Gasteiger partial charge in [0.15, 0.2) is 4.75 Å². The molecular formula is C19H12Cl4O5S. The van der Waals surface area contributed by atoms with Crippen molar-refractivity contribution < 1.29 is 23.2 Å². The summed E-state index contributed by atoms with van der Waals surface area (Å²) >= 11 is 25.1.